The first-order valence-electron chi connectivity index (χ1n) is 5.61. The molecule has 0 aromatic heterocycles. The van der Waals surface area contributed by atoms with Crippen LogP contribution >= 0.6 is 0 Å². The summed E-state index contributed by atoms with van der Waals surface area (Å²) in [6.45, 7) is 3.89. The van der Waals surface area contributed by atoms with E-state index < -0.39 is 0 Å². The third-order valence-corrected chi connectivity index (χ3v) is 2.61. The number of aliphatic imine (C=N–C) groups is 1. The van der Waals surface area contributed by atoms with Crippen molar-refractivity contribution >= 4 is 11.4 Å². The summed E-state index contributed by atoms with van der Waals surface area (Å²) in [4.78, 5) is 4.44. The normalized spacial score (nSPS) is 17.7. The van der Waals surface area contributed by atoms with Crippen LogP contribution in [0.2, 0.25) is 0 Å². The minimum atomic E-state index is -0.236. The van der Waals surface area contributed by atoms with E-state index >= 15 is 0 Å². The topological polar surface area (TPSA) is 12.4 Å². The van der Waals surface area contributed by atoms with E-state index in [9.17, 15) is 4.39 Å². The maximum atomic E-state index is 13.6. The van der Waals surface area contributed by atoms with Crippen LogP contribution in [0.25, 0.3) is 5.70 Å². The smallest absolute Gasteiger partial charge is 0.132 e. The minimum Gasteiger partial charge on any atom is -0.248 e. The Hall–Kier alpha value is -1.96. The molecule has 2 heteroatoms. The molecule has 17 heavy (non-hydrogen) atoms. The highest BCUT2D eigenvalue weighted by Crippen LogP contribution is 2.27. The van der Waals surface area contributed by atoms with Crippen LogP contribution in [0.1, 0.15) is 19.4 Å². The fraction of sp³-hybridized carbons (Fsp3) is 0.133. The van der Waals surface area contributed by atoms with Crippen LogP contribution in [0.5, 0.6) is 0 Å². The molecule has 0 aliphatic carbocycles. The van der Waals surface area contributed by atoms with Gasteiger partial charge in [-0.05, 0) is 43.7 Å². The molecule has 2 rings (SSSR count). The highest BCUT2D eigenvalue weighted by Gasteiger charge is 2.15. The first-order chi connectivity index (χ1) is 8.26. The molecule has 0 amide bonds. The zero-order chi connectivity index (χ0) is 12.3. The average Bonchev–Trinajstić information content (AvgIpc) is 2.73. The second-order valence-corrected chi connectivity index (χ2v) is 3.75. The molecule has 1 aliphatic rings. The molecule has 0 fully saturated rings. The Labute approximate surface area is 101 Å². The Morgan fingerprint density at radius 3 is 2.59 bits per heavy atom. The quantitative estimate of drug-likeness (QED) is 0.720. The molecule has 86 valence electrons. The Morgan fingerprint density at radius 2 is 1.94 bits per heavy atom. The summed E-state index contributed by atoms with van der Waals surface area (Å²) in [5.41, 5.74) is 3.14. The molecule has 1 nitrogen and oxygen atoms in total. The second kappa shape index (κ2) is 4.91. The SMILES string of the molecule is C/C=C\C1=NC(c2ccccc2F)=C/C1=C/C. The van der Waals surface area contributed by atoms with E-state index in [-0.39, 0.29) is 5.82 Å². The zero-order valence-electron chi connectivity index (χ0n) is 9.94. The number of nitrogens with zero attached hydrogens (tertiary/aromatic N) is 1. The summed E-state index contributed by atoms with van der Waals surface area (Å²) >= 11 is 0. The first-order valence-corrected chi connectivity index (χ1v) is 5.61. The van der Waals surface area contributed by atoms with Gasteiger partial charge in [-0.25, -0.2) is 9.38 Å². The molecule has 1 aliphatic heterocycles. The van der Waals surface area contributed by atoms with E-state index in [0.29, 0.717) is 11.3 Å². The summed E-state index contributed by atoms with van der Waals surface area (Å²) in [6.07, 6.45) is 7.75. The number of benzene rings is 1. The van der Waals surface area contributed by atoms with Gasteiger partial charge in [-0.15, -0.1) is 0 Å². The molecule has 1 heterocycles. The first kappa shape index (κ1) is 11.5. The number of allylic oxidation sites excluding steroid dienone is 5. The molecule has 0 unspecified atom stereocenters. The van der Waals surface area contributed by atoms with Gasteiger partial charge < -0.3 is 0 Å². The van der Waals surface area contributed by atoms with Crippen LogP contribution in [0, 0.1) is 5.82 Å². The second-order valence-electron chi connectivity index (χ2n) is 3.75. The summed E-state index contributed by atoms with van der Waals surface area (Å²) in [5.74, 6) is -0.236. The van der Waals surface area contributed by atoms with E-state index in [1.807, 2.05) is 44.2 Å². The number of halogens is 1. The molecular weight excluding hydrogens is 213 g/mol. The lowest BCUT2D eigenvalue weighted by Gasteiger charge is -1.99. The molecule has 1 aromatic rings. The van der Waals surface area contributed by atoms with Crippen molar-refractivity contribution in [2.24, 2.45) is 4.99 Å². The number of rotatable bonds is 2. The fourth-order valence-corrected chi connectivity index (χ4v) is 1.78. The van der Waals surface area contributed by atoms with Crippen molar-refractivity contribution in [2.75, 3.05) is 0 Å². The van der Waals surface area contributed by atoms with Crippen molar-refractivity contribution in [2.45, 2.75) is 13.8 Å². The van der Waals surface area contributed by atoms with Gasteiger partial charge in [0.2, 0.25) is 0 Å². The Kier molecular flexibility index (Phi) is 3.33. The Morgan fingerprint density at radius 1 is 1.18 bits per heavy atom. The van der Waals surface area contributed by atoms with Crippen LogP contribution in [0.4, 0.5) is 4.39 Å². The van der Waals surface area contributed by atoms with Gasteiger partial charge in [-0.1, -0.05) is 24.3 Å². The Bertz CT molecular complexity index is 548. The van der Waals surface area contributed by atoms with Crippen LogP contribution in [0.15, 0.2) is 59.1 Å². The van der Waals surface area contributed by atoms with Crippen molar-refractivity contribution in [3.63, 3.8) is 0 Å². The Balaban J connectivity index is 2.46. The standard InChI is InChI=1S/C15H14FN/c1-3-7-14-11(4-2)10-15(17-14)12-8-5-6-9-13(12)16/h3-10H,1-2H3/b7-3-,11-4-. The van der Waals surface area contributed by atoms with E-state index in [0.717, 1.165) is 11.3 Å². The van der Waals surface area contributed by atoms with E-state index in [2.05, 4.69) is 4.99 Å². The predicted molar refractivity (Wildman–Crippen MR) is 70.4 cm³/mol. The van der Waals surface area contributed by atoms with E-state index in [1.165, 1.54) is 6.07 Å². The molecule has 1 aromatic carbocycles. The van der Waals surface area contributed by atoms with Crippen molar-refractivity contribution < 1.29 is 4.39 Å². The lowest BCUT2D eigenvalue weighted by molar-refractivity contribution is 0.624. The maximum Gasteiger partial charge on any atom is 0.132 e. The van der Waals surface area contributed by atoms with Gasteiger partial charge in [0.1, 0.15) is 5.82 Å². The van der Waals surface area contributed by atoms with Crippen LogP contribution in [0.3, 0.4) is 0 Å². The highest BCUT2D eigenvalue weighted by atomic mass is 19.1. The highest BCUT2D eigenvalue weighted by molar-refractivity contribution is 6.16. The van der Waals surface area contributed by atoms with Crippen LogP contribution in [-0.2, 0) is 0 Å². The molecule has 0 atom stereocenters. The van der Waals surface area contributed by atoms with E-state index in [1.54, 1.807) is 12.1 Å². The van der Waals surface area contributed by atoms with E-state index in [4.69, 9.17) is 0 Å². The predicted octanol–water partition coefficient (Wildman–Crippen LogP) is 4.14. The van der Waals surface area contributed by atoms with Crippen molar-refractivity contribution in [3.8, 4) is 0 Å². The van der Waals surface area contributed by atoms with Crippen LogP contribution in [-0.4, -0.2) is 5.71 Å². The zero-order valence-corrected chi connectivity index (χ0v) is 9.94. The van der Waals surface area contributed by atoms with Gasteiger partial charge in [0.25, 0.3) is 0 Å². The van der Waals surface area contributed by atoms with Crippen molar-refractivity contribution in [1.82, 2.24) is 0 Å². The largest absolute Gasteiger partial charge is 0.248 e. The number of hydrogen-bond acceptors (Lipinski definition) is 1. The summed E-state index contributed by atoms with van der Waals surface area (Å²) < 4.78 is 13.6. The molecule has 0 bridgehead atoms. The minimum absolute atomic E-state index is 0.236. The molecular formula is C15H14FN. The summed E-state index contributed by atoms with van der Waals surface area (Å²) in [7, 11) is 0. The number of hydrogen-bond donors (Lipinski definition) is 0. The van der Waals surface area contributed by atoms with Crippen LogP contribution < -0.4 is 0 Å². The average molecular weight is 227 g/mol. The third kappa shape index (κ3) is 2.26. The van der Waals surface area contributed by atoms with Crippen molar-refractivity contribution in [1.29, 1.82) is 0 Å². The van der Waals surface area contributed by atoms with Gasteiger partial charge in [0, 0.05) is 5.56 Å². The lowest BCUT2D eigenvalue weighted by Crippen LogP contribution is -1.90. The monoisotopic (exact) mass is 227 g/mol. The van der Waals surface area contributed by atoms with Gasteiger partial charge >= 0.3 is 0 Å². The van der Waals surface area contributed by atoms with Crippen molar-refractivity contribution in [3.05, 3.63) is 65.5 Å². The molecule has 0 radical (unpaired) electrons. The molecule has 0 saturated heterocycles. The third-order valence-electron chi connectivity index (χ3n) is 2.61. The van der Waals surface area contributed by atoms with Gasteiger partial charge in [-0.3, -0.25) is 0 Å². The summed E-state index contributed by atoms with van der Waals surface area (Å²) in [5, 5.41) is 0. The van der Waals surface area contributed by atoms with Gasteiger partial charge in [-0.2, -0.15) is 0 Å². The molecule has 0 N–H and O–H groups in total. The van der Waals surface area contributed by atoms with Gasteiger partial charge in [0.15, 0.2) is 0 Å². The molecule has 0 spiro atoms. The maximum absolute atomic E-state index is 13.6. The fourth-order valence-electron chi connectivity index (χ4n) is 1.78. The van der Waals surface area contributed by atoms with Gasteiger partial charge in [0.05, 0.1) is 11.4 Å². The lowest BCUT2D eigenvalue weighted by atomic mass is 10.1. The summed E-state index contributed by atoms with van der Waals surface area (Å²) in [6, 6.07) is 6.70. The molecule has 0 saturated carbocycles.